The van der Waals surface area contributed by atoms with Crippen LogP contribution in [0.3, 0.4) is 0 Å². The maximum atomic E-state index is 13.6. The summed E-state index contributed by atoms with van der Waals surface area (Å²) in [5.41, 5.74) is -2.02. The number of hydrogen-bond donors (Lipinski definition) is 4. The van der Waals surface area contributed by atoms with Gasteiger partial charge >= 0.3 is 0 Å². The van der Waals surface area contributed by atoms with Crippen molar-refractivity contribution in [2.45, 2.75) is 31.9 Å². The first kappa shape index (κ1) is 21.0. The summed E-state index contributed by atoms with van der Waals surface area (Å²) >= 11 is 0. The Kier molecular flexibility index (Phi) is 4.50. The third-order valence-corrected chi connectivity index (χ3v) is 6.75. The molecule has 31 heavy (non-hydrogen) atoms. The van der Waals surface area contributed by atoms with E-state index in [4.69, 9.17) is 0 Å². The Hall–Kier alpha value is -3.23. The second-order valence-electron chi connectivity index (χ2n) is 8.54. The van der Waals surface area contributed by atoms with Crippen LogP contribution in [0.4, 0.5) is 0 Å². The highest BCUT2D eigenvalue weighted by Gasteiger charge is 2.62. The number of aldehydes is 1. The molecule has 8 heteroatoms. The smallest absolute Gasteiger partial charge is 0.209 e. The van der Waals surface area contributed by atoms with E-state index < -0.39 is 46.2 Å². The third kappa shape index (κ3) is 2.46. The molecule has 0 aliphatic heterocycles. The molecule has 2 aliphatic rings. The fourth-order valence-corrected chi connectivity index (χ4v) is 5.09. The van der Waals surface area contributed by atoms with Crippen LogP contribution in [0.2, 0.25) is 0 Å². The Morgan fingerprint density at radius 2 is 1.71 bits per heavy atom. The van der Waals surface area contributed by atoms with Crippen LogP contribution < -0.4 is 0 Å². The minimum Gasteiger partial charge on any atom is -0.510 e. The number of aliphatic hydroxyl groups excluding tert-OH is 1. The molecule has 0 bridgehead atoms. The van der Waals surface area contributed by atoms with E-state index >= 15 is 0 Å². The molecule has 2 aromatic rings. The van der Waals surface area contributed by atoms with Gasteiger partial charge in [0, 0.05) is 5.92 Å². The molecule has 0 saturated carbocycles. The molecule has 2 aliphatic carbocycles. The number of phenolic OH excluding ortho intramolecular Hbond substituents is 2. The second kappa shape index (κ2) is 6.63. The third-order valence-electron chi connectivity index (χ3n) is 6.75. The normalized spacial score (nSPS) is 25.7. The molecular formula is C23H23NO7. The van der Waals surface area contributed by atoms with Gasteiger partial charge in [-0.25, -0.2) is 0 Å². The maximum absolute atomic E-state index is 13.6. The SMILES string of the molecule is Cc1ccc2c(C)c3c(c(O)c2c1O)C(=O)C1(O)C(=O)C(C=O)=C(O)C(N(C)C)C1C3. The molecule has 3 unspecified atom stereocenters. The van der Waals surface area contributed by atoms with Gasteiger partial charge in [-0.2, -0.15) is 0 Å². The van der Waals surface area contributed by atoms with Crippen LogP contribution in [0.15, 0.2) is 23.5 Å². The van der Waals surface area contributed by atoms with Crippen molar-refractivity contribution >= 4 is 28.6 Å². The van der Waals surface area contributed by atoms with Crippen molar-refractivity contribution in [3.8, 4) is 11.5 Å². The minimum absolute atomic E-state index is 0.00761. The Bertz CT molecular complexity index is 1230. The van der Waals surface area contributed by atoms with Crippen LogP contribution in [0.25, 0.3) is 10.8 Å². The summed E-state index contributed by atoms with van der Waals surface area (Å²) in [4.78, 5) is 39.7. The summed E-state index contributed by atoms with van der Waals surface area (Å²) in [6, 6.07) is 2.45. The number of benzene rings is 2. The van der Waals surface area contributed by atoms with Crippen molar-refractivity contribution in [2.24, 2.45) is 5.92 Å². The highest BCUT2D eigenvalue weighted by molar-refractivity contribution is 6.31. The lowest BCUT2D eigenvalue weighted by Crippen LogP contribution is -2.65. The molecule has 3 atom stereocenters. The fourth-order valence-electron chi connectivity index (χ4n) is 5.09. The van der Waals surface area contributed by atoms with E-state index in [-0.39, 0.29) is 29.4 Å². The fraction of sp³-hybridized carbons (Fsp3) is 0.348. The van der Waals surface area contributed by atoms with E-state index in [9.17, 15) is 34.8 Å². The summed E-state index contributed by atoms with van der Waals surface area (Å²) in [5.74, 6) is -4.53. The summed E-state index contributed by atoms with van der Waals surface area (Å²) < 4.78 is 0. The van der Waals surface area contributed by atoms with Gasteiger partial charge < -0.3 is 20.4 Å². The average Bonchev–Trinajstić information content (AvgIpc) is 2.70. The van der Waals surface area contributed by atoms with Crippen molar-refractivity contribution in [3.05, 3.63) is 45.7 Å². The number of aliphatic hydroxyl groups is 2. The zero-order valence-corrected chi connectivity index (χ0v) is 17.6. The predicted molar refractivity (Wildman–Crippen MR) is 111 cm³/mol. The zero-order valence-electron chi connectivity index (χ0n) is 17.6. The quantitative estimate of drug-likeness (QED) is 0.323. The lowest BCUT2D eigenvalue weighted by molar-refractivity contribution is -0.139. The number of carbonyl (C=O) groups excluding carboxylic acids is 3. The second-order valence-corrected chi connectivity index (χ2v) is 8.54. The topological polar surface area (TPSA) is 135 Å². The van der Waals surface area contributed by atoms with Gasteiger partial charge in [-0.1, -0.05) is 12.1 Å². The minimum atomic E-state index is -2.64. The van der Waals surface area contributed by atoms with Gasteiger partial charge in [-0.3, -0.25) is 19.3 Å². The molecule has 4 rings (SSSR count). The number of fused-ring (bicyclic) bond motifs is 3. The molecule has 162 valence electrons. The van der Waals surface area contributed by atoms with Crippen LogP contribution >= 0.6 is 0 Å². The van der Waals surface area contributed by atoms with Crippen LogP contribution in [-0.4, -0.2) is 68.9 Å². The van der Waals surface area contributed by atoms with Gasteiger partial charge in [0.2, 0.25) is 11.6 Å². The Balaban J connectivity index is 2.09. The molecule has 4 N–H and O–H groups in total. The van der Waals surface area contributed by atoms with E-state index in [1.807, 2.05) is 0 Å². The highest BCUT2D eigenvalue weighted by atomic mass is 16.3. The highest BCUT2D eigenvalue weighted by Crippen LogP contribution is 2.50. The van der Waals surface area contributed by atoms with Gasteiger partial charge in [0.15, 0.2) is 11.9 Å². The van der Waals surface area contributed by atoms with Gasteiger partial charge in [-0.15, -0.1) is 0 Å². The molecule has 0 saturated heterocycles. The number of aryl methyl sites for hydroxylation is 2. The summed E-state index contributed by atoms with van der Waals surface area (Å²) in [5, 5.41) is 44.1. The first-order valence-electron chi connectivity index (χ1n) is 9.81. The van der Waals surface area contributed by atoms with Crippen molar-refractivity contribution in [3.63, 3.8) is 0 Å². The number of hydrogen-bond acceptors (Lipinski definition) is 8. The predicted octanol–water partition coefficient (Wildman–Crippen LogP) is 1.48. The first-order valence-corrected chi connectivity index (χ1v) is 9.81. The average molecular weight is 425 g/mol. The van der Waals surface area contributed by atoms with Crippen LogP contribution in [-0.2, 0) is 16.0 Å². The van der Waals surface area contributed by atoms with Gasteiger partial charge in [0.1, 0.15) is 22.8 Å². The van der Waals surface area contributed by atoms with E-state index in [1.165, 1.54) is 4.90 Å². The standard InChI is InChI=1S/C23H23NO7/c1-9-5-6-11-10(2)12-7-14-17(24(3)4)19(27)13(8-25)21(29)23(14,31)22(30)16(12)20(28)15(11)18(9)26/h5-6,8,14,17,26-28,31H,7H2,1-4H3. The largest absolute Gasteiger partial charge is 0.510 e. The number of rotatable bonds is 2. The van der Waals surface area contributed by atoms with E-state index in [2.05, 4.69) is 0 Å². The van der Waals surface area contributed by atoms with Gasteiger partial charge in [0.05, 0.1) is 17.0 Å². The van der Waals surface area contributed by atoms with Crippen LogP contribution in [0.5, 0.6) is 11.5 Å². The number of Topliss-reactive ketones (excluding diaryl/α,β-unsaturated/α-hetero) is 2. The summed E-state index contributed by atoms with van der Waals surface area (Å²) in [6.45, 7) is 3.37. The number of nitrogens with zero attached hydrogens (tertiary/aromatic N) is 1. The molecular weight excluding hydrogens is 402 g/mol. The van der Waals surface area contributed by atoms with Gasteiger partial charge in [0.25, 0.3) is 0 Å². The number of likely N-dealkylation sites (N-methyl/N-ethyl adjacent to an activating group) is 1. The van der Waals surface area contributed by atoms with E-state index in [0.717, 1.165) is 0 Å². The molecule has 0 spiro atoms. The van der Waals surface area contributed by atoms with Gasteiger partial charge in [-0.05, 0) is 56.4 Å². The molecule has 2 aromatic carbocycles. The summed E-state index contributed by atoms with van der Waals surface area (Å²) in [6.07, 6.45) is 0.123. The van der Waals surface area contributed by atoms with E-state index in [1.54, 1.807) is 40.1 Å². The van der Waals surface area contributed by atoms with Crippen molar-refractivity contribution in [2.75, 3.05) is 14.1 Å². The molecule has 0 amide bonds. The Morgan fingerprint density at radius 3 is 2.29 bits per heavy atom. The molecule has 0 radical (unpaired) electrons. The lowest BCUT2D eigenvalue weighted by atomic mass is 9.61. The molecule has 0 aromatic heterocycles. The van der Waals surface area contributed by atoms with Crippen molar-refractivity contribution < 1.29 is 34.8 Å². The Labute approximate surface area is 178 Å². The molecule has 0 fully saturated rings. The molecule has 8 nitrogen and oxygen atoms in total. The zero-order chi connectivity index (χ0) is 23.0. The molecule has 0 heterocycles. The number of aromatic hydroxyl groups is 2. The maximum Gasteiger partial charge on any atom is 0.209 e. The van der Waals surface area contributed by atoms with Crippen molar-refractivity contribution in [1.29, 1.82) is 0 Å². The number of ketones is 2. The van der Waals surface area contributed by atoms with Crippen molar-refractivity contribution in [1.82, 2.24) is 4.90 Å². The lowest BCUT2D eigenvalue weighted by Gasteiger charge is -2.47. The van der Waals surface area contributed by atoms with Crippen LogP contribution in [0, 0.1) is 19.8 Å². The van der Waals surface area contributed by atoms with E-state index in [0.29, 0.717) is 22.1 Å². The summed E-state index contributed by atoms with van der Waals surface area (Å²) in [7, 11) is 3.20. The number of phenols is 2. The first-order chi connectivity index (χ1) is 14.5. The van der Waals surface area contributed by atoms with Crippen LogP contribution in [0.1, 0.15) is 27.0 Å². The Morgan fingerprint density at radius 1 is 1.06 bits per heavy atom. The monoisotopic (exact) mass is 425 g/mol. The number of carbonyl (C=O) groups is 3.